The van der Waals surface area contributed by atoms with Gasteiger partial charge in [-0.25, -0.2) is 4.79 Å². The summed E-state index contributed by atoms with van der Waals surface area (Å²) >= 11 is 6.10. The van der Waals surface area contributed by atoms with E-state index in [-0.39, 0.29) is 31.1 Å². The predicted octanol–water partition coefficient (Wildman–Crippen LogP) is 4.22. The highest BCUT2D eigenvalue weighted by Crippen LogP contribution is 2.14. The van der Waals surface area contributed by atoms with Crippen molar-refractivity contribution in [2.45, 2.75) is 39.3 Å². The maximum atomic E-state index is 12.3. The van der Waals surface area contributed by atoms with E-state index >= 15 is 0 Å². The molecular weight excluding hydrogens is 376 g/mol. The number of ether oxygens (including phenoxy) is 1. The van der Waals surface area contributed by atoms with E-state index in [0.29, 0.717) is 11.6 Å². The zero-order valence-electron chi connectivity index (χ0n) is 16.6. The molecule has 0 radical (unpaired) electrons. The first-order valence-electron chi connectivity index (χ1n) is 9.38. The fourth-order valence-corrected chi connectivity index (χ4v) is 2.78. The first-order valence-corrected chi connectivity index (χ1v) is 9.76. The van der Waals surface area contributed by atoms with Crippen molar-refractivity contribution in [2.75, 3.05) is 13.7 Å². The van der Waals surface area contributed by atoms with Crippen LogP contribution in [0.1, 0.15) is 30.5 Å². The van der Waals surface area contributed by atoms with Gasteiger partial charge in [0.2, 0.25) is 0 Å². The van der Waals surface area contributed by atoms with Crippen LogP contribution in [0.4, 0.5) is 4.79 Å². The summed E-state index contributed by atoms with van der Waals surface area (Å²) in [6, 6.07) is 14.8. The van der Waals surface area contributed by atoms with E-state index in [1.165, 1.54) is 10.5 Å². The van der Waals surface area contributed by atoms with Crippen molar-refractivity contribution in [3.8, 4) is 0 Å². The summed E-state index contributed by atoms with van der Waals surface area (Å²) in [5, 5.41) is 3.43. The number of rotatable bonds is 8. The number of urea groups is 1. The molecule has 150 valence electrons. The van der Waals surface area contributed by atoms with E-state index in [0.717, 1.165) is 17.5 Å². The normalized spacial score (nSPS) is 11.6. The van der Waals surface area contributed by atoms with Gasteiger partial charge in [0, 0.05) is 18.6 Å². The lowest BCUT2D eigenvalue weighted by molar-refractivity contribution is -0.144. The number of benzene rings is 2. The summed E-state index contributed by atoms with van der Waals surface area (Å²) in [6.45, 7) is 4.40. The molecule has 2 amide bonds. The lowest BCUT2D eigenvalue weighted by atomic mass is 10.1. The molecule has 2 aromatic carbocycles. The van der Waals surface area contributed by atoms with E-state index in [9.17, 15) is 9.59 Å². The number of hydrogen-bond donors (Lipinski definition) is 1. The number of halogens is 1. The molecule has 1 atom stereocenters. The molecule has 0 saturated heterocycles. The van der Waals surface area contributed by atoms with Crippen LogP contribution in [0.3, 0.4) is 0 Å². The van der Waals surface area contributed by atoms with Crippen molar-refractivity contribution in [2.24, 2.45) is 0 Å². The van der Waals surface area contributed by atoms with Crippen LogP contribution < -0.4 is 5.32 Å². The van der Waals surface area contributed by atoms with Crippen molar-refractivity contribution >= 4 is 23.6 Å². The minimum Gasteiger partial charge on any atom is -0.463 e. The van der Waals surface area contributed by atoms with Crippen LogP contribution in [0.15, 0.2) is 48.5 Å². The second-order valence-corrected chi connectivity index (χ2v) is 7.15. The van der Waals surface area contributed by atoms with Gasteiger partial charge in [0.1, 0.15) is 6.61 Å². The minimum absolute atomic E-state index is 0.141. The molecule has 6 heteroatoms. The molecule has 2 rings (SSSR count). The Hall–Kier alpha value is -2.53. The molecule has 0 unspecified atom stereocenters. The van der Waals surface area contributed by atoms with Crippen LogP contribution in [-0.2, 0) is 28.9 Å². The number of hydrogen-bond acceptors (Lipinski definition) is 3. The van der Waals surface area contributed by atoms with Gasteiger partial charge in [-0.1, -0.05) is 61.0 Å². The number of likely N-dealkylation sites (N-methyl/N-ethyl adjacent to an activating group) is 1. The van der Waals surface area contributed by atoms with Gasteiger partial charge in [-0.3, -0.25) is 4.79 Å². The van der Waals surface area contributed by atoms with Crippen LogP contribution in [0.2, 0.25) is 5.02 Å². The largest absolute Gasteiger partial charge is 0.463 e. The number of esters is 1. The van der Waals surface area contributed by atoms with E-state index in [1.807, 2.05) is 49.4 Å². The maximum Gasteiger partial charge on any atom is 0.317 e. The van der Waals surface area contributed by atoms with Gasteiger partial charge < -0.3 is 15.0 Å². The van der Waals surface area contributed by atoms with Crippen LogP contribution in [0.25, 0.3) is 0 Å². The Morgan fingerprint density at radius 1 is 1.11 bits per heavy atom. The molecule has 0 aliphatic carbocycles. The molecule has 2 aromatic rings. The van der Waals surface area contributed by atoms with Crippen molar-refractivity contribution < 1.29 is 14.3 Å². The fourth-order valence-electron chi connectivity index (χ4n) is 2.57. The average molecular weight is 403 g/mol. The molecule has 0 fully saturated rings. The molecule has 28 heavy (non-hydrogen) atoms. The van der Waals surface area contributed by atoms with Crippen LogP contribution in [0, 0.1) is 0 Å². The summed E-state index contributed by atoms with van der Waals surface area (Å²) in [6.07, 6.45) is 1.19. The minimum atomic E-state index is -0.305. The Balaban J connectivity index is 1.75. The van der Waals surface area contributed by atoms with E-state index < -0.39 is 0 Å². The number of nitrogens with zero attached hydrogens (tertiary/aromatic N) is 1. The van der Waals surface area contributed by atoms with Gasteiger partial charge in [0.05, 0.1) is 12.5 Å². The standard InChI is InChI=1S/C22H27ClN2O3/c1-4-17-9-11-18(12-10-17)13-21(26)28-15-16(2)25(3)22(27)24-14-19-7-5-6-8-20(19)23/h5-12,16H,4,13-15H2,1-3H3,(H,24,27)/t16-/m0/s1. The van der Waals surface area contributed by atoms with Crippen molar-refractivity contribution in [3.05, 3.63) is 70.2 Å². The summed E-state index contributed by atoms with van der Waals surface area (Å²) in [5.74, 6) is -0.305. The lowest BCUT2D eigenvalue weighted by Crippen LogP contribution is -2.44. The number of carbonyl (C=O) groups excluding carboxylic acids is 2. The first-order chi connectivity index (χ1) is 13.4. The molecule has 1 N–H and O–H groups in total. The SMILES string of the molecule is CCc1ccc(CC(=O)OC[C@H](C)N(C)C(=O)NCc2ccccc2Cl)cc1. The summed E-state index contributed by atoms with van der Waals surface area (Å²) < 4.78 is 5.34. The predicted molar refractivity (Wildman–Crippen MR) is 111 cm³/mol. The topological polar surface area (TPSA) is 58.6 Å². The summed E-state index contributed by atoms with van der Waals surface area (Å²) in [7, 11) is 1.67. The zero-order valence-corrected chi connectivity index (χ0v) is 17.3. The number of nitrogens with one attached hydrogen (secondary N) is 1. The number of amides is 2. The molecule has 0 aliphatic rings. The number of aryl methyl sites for hydroxylation is 1. The highest BCUT2D eigenvalue weighted by Gasteiger charge is 2.17. The number of carbonyl (C=O) groups is 2. The quantitative estimate of drug-likeness (QED) is 0.672. The van der Waals surface area contributed by atoms with Gasteiger partial charge in [-0.05, 0) is 36.1 Å². The monoisotopic (exact) mass is 402 g/mol. The highest BCUT2D eigenvalue weighted by atomic mass is 35.5. The molecular formula is C22H27ClN2O3. The third-order valence-electron chi connectivity index (χ3n) is 4.63. The van der Waals surface area contributed by atoms with Crippen molar-refractivity contribution in [3.63, 3.8) is 0 Å². The maximum absolute atomic E-state index is 12.3. The molecule has 0 spiro atoms. The molecule has 0 aliphatic heterocycles. The average Bonchev–Trinajstić information content (AvgIpc) is 2.71. The van der Waals surface area contributed by atoms with Gasteiger partial charge in [0.25, 0.3) is 0 Å². The zero-order chi connectivity index (χ0) is 20.5. The van der Waals surface area contributed by atoms with E-state index in [4.69, 9.17) is 16.3 Å². The molecule has 0 aromatic heterocycles. The van der Waals surface area contributed by atoms with Crippen LogP contribution in [-0.4, -0.2) is 36.6 Å². The van der Waals surface area contributed by atoms with E-state index in [2.05, 4.69) is 12.2 Å². The Bertz CT molecular complexity index is 793. The Morgan fingerprint density at radius 3 is 2.39 bits per heavy atom. The molecule has 5 nitrogen and oxygen atoms in total. The summed E-state index contributed by atoms with van der Waals surface area (Å²) in [5.41, 5.74) is 3.00. The smallest absolute Gasteiger partial charge is 0.317 e. The fraction of sp³-hybridized carbons (Fsp3) is 0.364. The van der Waals surface area contributed by atoms with Crippen LogP contribution >= 0.6 is 11.6 Å². The molecule has 0 bridgehead atoms. The first kappa shape index (κ1) is 21.8. The van der Waals surface area contributed by atoms with Crippen molar-refractivity contribution in [1.29, 1.82) is 0 Å². The van der Waals surface area contributed by atoms with Crippen molar-refractivity contribution in [1.82, 2.24) is 10.2 Å². The Labute approximate surface area is 171 Å². The third kappa shape index (κ3) is 6.57. The Kier molecular flexibility index (Phi) is 8.33. The second-order valence-electron chi connectivity index (χ2n) is 6.74. The highest BCUT2D eigenvalue weighted by molar-refractivity contribution is 6.31. The molecule has 0 saturated carbocycles. The van der Waals surface area contributed by atoms with Gasteiger partial charge in [-0.15, -0.1) is 0 Å². The van der Waals surface area contributed by atoms with E-state index in [1.54, 1.807) is 13.1 Å². The van der Waals surface area contributed by atoms with Gasteiger partial charge >= 0.3 is 12.0 Å². The summed E-state index contributed by atoms with van der Waals surface area (Å²) in [4.78, 5) is 25.9. The second kappa shape index (κ2) is 10.7. The molecule has 0 heterocycles. The van der Waals surface area contributed by atoms with Gasteiger partial charge in [-0.2, -0.15) is 0 Å². The third-order valence-corrected chi connectivity index (χ3v) is 5.00. The van der Waals surface area contributed by atoms with Crippen LogP contribution in [0.5, 0.6) is 0 Å². The van der Waals surface area contributed by atoms with Gasteiger partial charge in [0.15, 0.2) is 0 Å². The lowest BCUT2D eigenvalue weighted by Gasteiger charge is -2.25. The Morgan fingerprint density at radius 2 is 1.75 bits per heavy atom.